The SMILES string of the molecule is COc1cc(Nc2ncnc3cc(OCCC4CCCN4)cc(OC4CCOCC4)c23)c(Cl)cc1Cl. The molecule has 8 nitrogen and oxygen atoms in total. The number of aromatic nitrogens is 2. The number of nitrogens with zero attached hydrogens (tertiary/aromatic N) is 2. The molecule has 0 aliphatic carbocycles. The van der Waals surface area contributed by atoms with E-state index in [1.54, 1.807) is 19.2 Å². The molecule has 2 aliphatic heterocycles. The highest BCUT2D eigenvalue weighted by atomic mass is 35.5. The number of hydrogen-bond donors (Lipinski definition) is 2. The molecule has 3 aromatic rings. The van der Waals surface area contributed by atoms with Crippen molar-refractivity contribution in [3.63, 3.8) is 0 Å². The minimum Gasteiger partial charge on any atom is -0.495 e. The van der Waals surface area contributed by atoms with Crippen molar-refractivity contribution in [1.29, 1.82) is 0 Å². The minimum absolute atomic E-state index is 0.0344. The third-order valence-corrected chi connectivity index (χ3v) is 7.14. The smallest absolute Gasteiger partial charge is 0.145 e. The topological polar surface area (TPSA) is 86.8 Å². The number of halogens is 2. The maximum absolute atomic E-state index is 6.49. The molecule has 5 rings (SSSR count). The van der Waals surface area contributed by atoms with Gasteiger partial charge in [0.1, 0.15) is 35.5 Å². The fourth-order valence-electron chi connectivity index (χ4n) is 4.60. The molecular formula is C26H30Cl2N4O4. The van der Waals surface area contributed by atoms with E-state index < -0.39 is 0 Å². The highest BCUT2D eigenvalue weighted by Gasteiger charge is 2.21. The molecule has 2 aromatic carbocycles. The fraction of sp³-hybridized carbons (Fsp3) is 0.462. The Hall–Kier alpha value is -2.52. The summed E-state index contributed by atoms with van der Waals surface area (Å²) < 4.78 is 23.5. The summed E-state index contributed by atoms with van der Waals surface area (Å²) in [6.07, 6.45) is 6.55. The second-order valence-corrected chi connectivity index (χ2v) is 9.80. The highest BCUT2D eigenvalue weighted by molar-refractivity contribution is 6.37. The molecule has 1 atom stereocenters. The van der Waals surface area contributed by atoms with Gasteiger partial charge in [-0.15, -0.1) is 0 Å². The summed E-state index contributed by atoms with van der Waals surface area (Å²) in [5.74, 6) is 2.45. The zero-order chi connectivity index (χ0) is 24.9. The van der Waals surface area contributed by atoms with Crippen LogP contribution in [-0.4, -0.2) is 55.6 Å². The van der Waals surface area contributed by atoms with Crippen LogP contribution in [0.1, 0.15) is 32.1 Å². The number of methoxy groups -OCH3 is 1. The molecule has 1 unspecified atom stereocenters. The number of hydrogen-bond acceptors (Lipinski definition) is 8. The first-order valence-electron chi connectivity index (χ1n) is 12.3. The van der Waals surface area contributed by atoms with Gasteiger partial charge in [-0.3, -0.25) is 0 Å². The second-order valence-electron chi connectivity index (χ2n) is 8.99. The zero-order valence-electron chi connectivity index (χ0n) is 20.2. The molecule has 0 spiro atoms. The lowest BCUT2D eigenvalue weighted by molar-refractivity contribution is 0.0261. The number of anilines is 2. The zero-order valence-corrected chi connectivity index (χ0v) is 21.7. The Morgan fingerprint density at radius 2 is 1.92 bits per heavy atom. The van der Waals surface area contributed by atoms with E-state index in [1.165, 1.54) is 19.2 Å². The summed E-state index contributed by atoms with van der Waals surface area (Å²) in [5, 5.41) is 8.45. The lowest BCUT2D eigenvalue weighted by Crippen LogP contribution is -2.26. The number of benzene rings is 2. The number of ether oxygens (including phenoxy) is 4. The van der Waals surface area contributed by atoms with E-state index in [0.29, 0.717) is 64.4 Å². The van der Waals surface area contributed by atoms with Crippen LogP contribution in [0, 0.1) is 0 Å². The summed E-state index contributed by atoms with van der Waals surface area (Å²) in [5.41, 5.74) is 1.32. The van der Waals surface area contributed by atoms with E-state index in [4.69, 9.17) is 42.1 Å². The molecule has 2 fully saturated rings. The minimum atomic E-state index is 0.0344. The third kappa shape index (κ3) is 5.89. The van der Waals surface area contributed by atoms with Crippen LogP contribution in [0.15, 0.2) is 30.6 Å². The van der Waals surface area contributed by atoms with Gasteiger partial charge in [-0.2, -0.15) is 0 Å². The molecule has 0 saturated carbocycles. The molecule has 0 bridgehead atoms. The standard InChI is InChI=1S/C26H30Cl2N4O4/c1-33-23-14-21(19(27)13-20(23)28)32-26-25-22(30-15-31-26)11-18(35-10-4-16-3-2-7-29-16)12-24(25)36-17-5-8-34-9-6-17/h11-17,29H,2-10H2,1H3,(H,30,31,32). The van der Waals surface area contributed by atoms with Gasteiger partial charge in [0.15, 0.2) is 0 Å². The molecule has 0 radical (unpaired) electrons. The first-order valence-corrected chi connectivity index (χ1v) is 13.1. The Morgan fingerprint density at radius 3 is 2.69 bits per heavy atom. The monoisotopic (exact) mass is 532 g/mol. The van der Waals surface area contributed by atoms with Crippen LogP contribution in [0.2, 0.25) is 10.0 Å². The molecule has 192 valence electrons. The molecule has 10 heteroatoms. The van der Waals surface area contributed by atoms with Gasteiger partial charge in [0, 0.05) is 37.1 Å². The van der Waals surface area contributed by atoms with Gasteiger partial charge in [0.25, 0.3) is 0 Å². The van der Waals surface area contributed by atoms with E-state index in [-0.39, 0.29) is 6.10 Å². The Kier molecular flexibility index (Phi) is 8.16. The van der Waals surface area contributed by atoms with Crippen LogP contribution in [0.5, 0.6) is 17.2 Å². The second kappa shape index (κ2) is 11.7. The van der Waals surface area contributed by atoms with Gasteiger partial charge in [0.2, 0.25) is 0 Å². The van der Waals surface area contributed by atoms with E-state index in [0.717, 1.165) is 36.9 Å². The van der Waals surface area contributed by atoms with Crippen molar-refractivity contribution in [2.24, 2.45) is 0 Å². The lowest BCUT2D eigenvalue weighted by Gasteiger charge is -2.25. The van der Waals surface area contributed by atoms with Gasteiger partial charge in [-0.05, 0) is 31.9 Å². The summed E-state index contributed by atoms with van der Waals surface area (Å²) in [4.78, 5) is 9.04. The van der Waals surface area contributed by atoms with E-state index in [2.05, 4.69) is 20.6 Å². The van der Waals surface area contributed by atoms with Crippen molar-refractivity contribution in [2.75, 3.05) is 38.8 Å². The van der Waals surface area contributed by atoms with Crippen molar-refractivity contribution in [3.8, 4) is 17.2 Å². The highest BCUT2D eigenvalue weighted by Crippen LogP contribution is 2.40. The Labute approximate surface area is 220 Å². The van der Waals surface area contributed by atoms with Gasteiger partial charge < -0.3 is 29.6 Å². The average molecular weight is 533 g/mol. The number of rotatable bonds is 9. The first-order chi connectivity index (χ1) is 17.6. The van der Waals surface area contributed by atoms with Crippen LogP contribution in [0.25, 0.3) is 10.9 Å². The summed E-state index contributed by atoms with van der Waals surface area (Å²) in [6, 6.07) is 7.75. The van der Waals surface area contributed by atoms with E-state index >= 15 is 0 Å². The summed E-state index contributed by atoms with van der Waals surface area (Å²) in [6.45, 7) is 3.06. The fourth-order valence-corrected chi connectivity index (χ4v) is 5.11. The molecule has 0 amide bonds. The van der Waals surface area contributed by atoms with Gasteiger partial charge in [-0.1, -0.05) is 23.2 Å². The van der Waals surface area contributed by atoms with Crippen LogP contribution >= 0.6 is 23.2 Å². The molecular weight excluding hydrogens is 503 g/mol. The Balaban J connectivity index is 1.47. The maximum Gasteiger partial charge on any atom is 0.145 e. The van der Waals surface area contributed by atoms with Gasteiger partial charge in [-0.25, -0.2) is 9.97 Å². The molecule has 2 N–H and O–H groups in total. The van der Waals surface area contributed by atoms with E-state index in [9.17, 15) is 0 Å². The van der Waals surface area contributed by atoms with Crippen LogP contribution in [0.4, 0.5) is 11.5 Å². The maximum atomic E-state index is 6.49. The Bertz CT molecular complexity index is 1200. The van der Waals surface area contributed by atoms with Crippen molar-refractivity contribution in [3.05, 3.63) is 40.6 Å². The predicted molar refractivity (Wildman–Crippen MR) is 141 cm³/mol. The largest absolute Gasteiger partial charge is 0.495 e. The molecule has 2 saturated heterocycles. The Morgan fingerprint density at radius 1 is 1.06 bits per heavy atom. The van der Waals surface area contributed by atoms with Gasteiger partial charge in [0.05, 0.1) is 53.6 Å². The summed E-state index contributed by atoms with van der Waals surface area (Å²) >= 11 is 12.7. The third-order valence-electron chi connectivity index (χ3n) is 6.53. The van der Waals surface area contributed by atoms with Gasteiger partial charge >= 0.3 is 0 Å². The molecule has 1 aromatic heterocycles. The predicted octanol–water partition coefficient (Wildman–Crippen LogP) is 5.77. The van der Waals surface area contributed by atoms with Crippen LogP contribution < -0.4 is 24.8 Å². The van der Waals surface area contributed by atoms with Crippen molar-refractivity contribution in [2.45, 2.75) is 44.2 Å². The summed E-state index contributed by atoms with van der Waals surface area (Å²) in [7, 11) is 1.56. The molecule has 36 heavy (non-hydrogen) atoms. The van der Waals surface area contributed by atoms with Crippen LogP contribution in [0.3, 0.4) is 0 Å². The number of nitrogens with one attached hydrogen (secondary N) is 2. The average Bonchev–Trinajstić information content (AvgIpc) is 3.40. The molecule has 3 heterocycles. The van der Waals surface area contributed by atoms with Crippen molar-refractivity contribution >= 4 is 45.6 Å². The molecule has 2 aliphatic rings. The lowest BCUT2D eigenvalue weighted by atomic mass is 10.1. The van der Waals surface area contributed by atoms with Crippen molar-refractivity contribution in [1.82, 2.24) is 15.3 Å². The van der Waals surface area contributed by atoms with Crippen LogP contribution in [-0.2, 0) is 4.74 Å². The van der Waals surface area contributed by atoms with E-state index in [1.807, 2.05) is 12.1 Å². The quantitative estimate of drug-likeness (QED) is 0.359. The normalized spacial score (nSPS) is 18.4. The van der Waals surface area contributed by atoms with Crippen molar-refractivity contribution < 1.29 is 18.9 Å². The first kappa shape index (κ1) is 25.1. The number of fused-ring (bicyclic) bond motifs is 1.